The van der Waals surface area contributed by atoms with Crippen molar-refractivity contribution in [2.45, 2.75) is 33.7 Å². The lowest BCUT2D eigenvalue weighted by Crippen LogP contribution is -2.45. The van der Waals surface area contributed by atoms with Gasteiger partial charge in [-0.25, -0.2) is 9.37 Å². The van der Waals surface area contributed by atoms with Crippen molar-refractivity contribution in [3.05, 3.63) is 45.6 Å². The second-order valence-corrected chi connectivity index (χ2v) is 9.29. The highest BCUT2D eigenvalue weighted by atomic mass is 35.5. The molecule has 0 bridgehead atoms. The Morgan fingerprint density at radius 1 is 1.21 bits per heavy atom. The van der Waals surface area contributed by atoms with Crippen LogP contribution < -0.4 is 25.8 Å². The van der Waals surface area contributed by atoms with Crippen LogP contribution in [0.15, 0.2) is 29.2 Å². The van der Waals surface area contributed by atoms with Crippen LogP contribution >= 0.6 is 11.6 Å². The molecule has 1 saturated heterocycles. The first kappa shape index (κ1) is 29.1. The van der Waals surface area contributed by atoms with E-state index < -0.39 is 17.3 Å². The van der Waals surface area contributed by atoms with E-state index in [4.69, 9.17) is 16.3 Å². The first-order chi connectivity index (χ1) is 18.2. The van der Waals surface area contributed by atoms with Crippen molar-refractivity contribution in [2.75, 3.05) is 57.1 Å². The Morgan fingerprint density at radius 3 is 2.53 bits per heavy atom. The number of ether oxygens (including phenoxy) is 1. The van der Waals surface area contributed by atoms with Gasteiger partial charge in [0.05, 0.1) is 17.4 Å². The molecule has 0 unspecified atom stereocenters. The summed E-state index contributed by atoms with van der Waals surface area (Å²) in [6, 6.07) is 4.23. The number of amides is 1. The first-order valence-electron chi connectivity index (χ1n) is 12.6. The van der Waals surface area contributed by atoms with Gasteiger partial charge in [-0.1, -0.05) is 25.4 Å². The summed E-state index contributed by atoms with van der Waals surface area (Å²) in [6.07, 6.45) is 1.49. The van der Waals surface area contributed by atoms with E-state index >= 15 is 4.39 Å². The van der Waals surface area contributed by atoms with Crippen LogP contribution in [-0.4, -0.2) is 72.2 Å². The van der Waals surface area contributed by atoms with Crippen molar-refractivity contribution in [1.29, 1.82) is 0 Å². The molecule has 1 aliphatic rings. The summed E-state index contributed by atoms with van der Waals surface area (Å²) < 4.78 is 22.7. The maximum atomic E-state index is 15.8. The summed E-state index contributed by atoms with van der Waals surface area (Å²) >= 11 is 6.34. The van der Waals surface area contributed by atoms with Crippen LogP contribution in [-0.2, 0) is 4.79 Å². The number of anilines is 3. The number of fused-ring (bicyclic) bond motifs is 1. The van der Waals surface area contributed by atoms with E-state index in [0.29, 0.717) is 11.5 Å². The number of hydrogen-bond acceptors (Lipinski definition) is 8. The second kappa shape index (κ2) is 12.9. The quantitative estimate of drug-likeness (QED) is 0.460. The Balaban J connectivity index is 0.00000195. The minimum atomic E-state index is -0.609. The van der Waals surface area contributed by atoms with Gasteiger partial charge in [0.25, 0.3) is 11.5 Å². The molecular formula is C26H35ClFN7O3. The number of aromatic nitrogens is 3. The molecule has 3 aromatic rings. The molecule has 3 heterocycles. The number of nitrogens with one attached hydrogen (secondary N) is 2. The average molecular weight is 548 g/mol. The molecule has 1 aromatic carbocycles. The number of nitrogens with zero attached hydrogens (tertiary/aromatic N) is 5. The molecule has 12 heteroatoms. The molecule has 10 nitrogen and oxygen atoms in total. The Hall–Kier alpha value is -3.44. The standard InChI is InChI=1S/C24H29ClFN7O3.C2H6/c1-14(2)33-18-6-5-17(21(26)15(18)11-19(23(33)35)36-13-20(34)27-3)29-22-16(25)12-28-24(30-22)32-9-7-31(4)8-10-32;1-2/h5-6,11-12,14H,7-10,13H2,1-4H3,(H,27,34)(H,28,29,30);1-2H3. The summed E-state index contributed by atoms with van der Waals surface area (Å²) in [6.45, 7) is 10.6. The van der Waals surface area contributed by atoms with Gasteiger partial charge in [0, 0.05) is 44.7 Å². The second-order valence-electron chi connectivity index (χ2n) is 8.88. The fraction of sp³-hybridized carbons (Fsp3) is 0.462. The minimum Gasteiger partial charge on any atom is -0.478 e. The largest absolute Gasteiger partial charge is 0.478 e. The number of carbonyl (C=O) groups excluding carboxylic acids is 1. The van der Waals surface area contributed by atoms with Gasteiger partial charge >= 0.3 is 0 Å². The van der Waals surface area contributed by atoms with Gasteiger partial charge in [-0.05, 0) is 39.1 Å². The zero-order valence-corrected chi connectivity index (χ0v) is 23.4. The van der Waals surface area contributed by atoms with Gasteiger partial charge in [-0.15, -0.1) is 0 Å². The van der Waals surface area contributed by atoms with Crippen LogP contribution in [0.4, 0.5) is 21.8 Å². The Labute approximate surface area is 226 Å². The zero-order chi connectivity index (χ0) is 28.0. The van der Waals surface area contributed by atoms with E-state index in [1.165, 1.54) is 29.9 Å². The van der Waals surface area contributed by atoms with Crippen molar-refractivity contribution in [1.82, 2.24) is 24.8 Å². The number of rotatable bonds is 7. The molecule has 206 valence electrons. The van der Waals surface area contributed by atoms with Crippen molar-refractivity contribution in [2.24, 2.45) is 0 Å². The van der Waals surface area contributed by atoms with Crippen molar-refractivity contribution < 1.29 is 13.9 Å². The third-order valence-corrected chi connectivity index (χ3v) is 6.32. The van der Waals surface area contributed by atoms with Gasteiger partial charge in [-0.3, -0.25) is 9.59 Å². The SMILES string of the molecule is CC.CNC(=O)COc1cc2c(F)c(Nc3nc(N4CCN(C)CC4)ncc3Cl)ccc2n(C(C)C)c1=O. The van der Waals surface area contributed by atoms with E-state index in [2.05, 4.69) is 37.4 Å². The molecule has 1 aliphatic heterocycles. The Bertz CT molecular complexity index is 1340. The Kier molecular flexibility index (Phi) is 9.87. The van der Waals surface area contributed by atoms with Crippen LogP contribution in [0.2, 0.25) is 5.02 Å². The van der Waals surface area contributed by atoms with Gasteiger partial charge in [-0.2, -0.15) is 4.98 Å². The molecule has 0 saturated carbocycles. The summed E-state index contributed by atoms with van der Waals surface area (Å²) in [5, 5.41) is 5.80. The van der Waals surface area contributed by atoms with Gasteiger partial charge in [0.15, 0.2) is 24.0 Å². The summed E-state index contributed by atoms with van der Waals surface area (Å²) in [5.74, 6) is -0.353. The van der Waals surface area contributed by atoms with Crippen molar-refractivity contribution in [3.8, 4) is 5.75 Å². The predicted octanol–water partition coefficient (Wildman–Crippen LogP) is 3.81. The third-order valence-electron chi connectivity index (χ3n) is 6.05. The van der Waals surface area contributed by atoms with Crippen LogP contribution in [0.1, 0.15) is 33.7 Å². The highest BCUT2D eigenvalue weighted by Crippen LogP contribution is 2.31. The van der Waals surface area contributed by atoms with E-state index in [0.717, 1.165) is 26.2 Å². The van der Waals surface area contributed by atoms with Crippen LogP contribution in [0, 0.1) is 5.82 Å². The van der Waals surface area contributed by atoms with Gasteiger partial charge in [0.1, 0.15) is 5.02 Å². The van der Waals surface area contributed by atoms with E-state index in [-0.39, 0.29) is 40.3 Å². The summed E-state index contributed by atoms with van der Waals surface area (Å²) in [5.41, 5.74) is 0.0769. The lowest BCUT2D eigenvalue weighted by molar-refractivity contribution is -0.122. The number of hydrogen-bond donors (Lipinski definition) is 2. The number of piperazine rings is 1. The molecule has 1 amide bonds. The molecule has 0 radical (unpaired) electrons. The molecule has 4 rings (SSSR count). The molecule has 2 aromatic heterocycles. The molecule has 2 N–H and O–H groups in total. The van der Waals surface area contributed by atoms with Crippen molar-refractivity contribution in [3.63, 3.8) is 0 Å². The van der Waals surface area contributed by atoms with Crippen LogP contribution in [0.5, 0.6) is 5.75 Å². The molecule has 0 atom stereocenters. The highest BCUT2D eigenvalue weighted by Gasteiger charge is 2.21. The van der Waals surface area contributed by atoms with Crippen LogP contribution in [0.25, 0.3) is 10.9 Å². The van der Waals surface area contributed by atoms with Crippen LogP contribution in [0.3, 0.4) is 0 Å². The van der Waals surface area contributed by atoms with Crippen molar-refractivity contribution >= 4 is 45.9 Å². The molecule has 0 aliphatic carbocycles. The molecular weight excluding hydrogens is 513 g/mol. The number of likely N-dealkylation sites (N-methyl/N-ethyl adjacent to an activating group) is 2. The predicted molar refractivity (Wildman–Crippen MR) is 149 cm³/mol. The Morgan fingerprint density at radius 2 is 1.89 bits per heavy atom. The lowest BCUT2D eigenvalue weighted by atomic mass is 10.1. The molecule has 38 heavy (non-hydrogen) atoms. The van der Waals surface area contributed by atoms with Gasteiger partial charge in [0.2, 0.25) is 5.95 Å². The smallest absolute Gasteiger partial charge is 0.293 e. The number of pyridine rings is 1. The zero-order valence-electron chi connectivity index (χ0n) is 22.6. The lowest BCUT2D eigenvalue weighted by Gasteiger charge is -2.32. The van der Waals surface area contributed by atoms with E-state index in [1.807, 2.05) is 27.7 Å². The number of benzene rings is 1. The minimum absolute atomic E-state index is 0.117. The van der Waals surface area contributed by atoms with E-state index in [1.54, 1.807) is 6.07 Å². The average Bonchev–Trinajstić information content (AvgIpc) is 2.91. The van der Waals surface area contributed by atoms with E-state index in [9.17, 15) is 9.59 Å². The number of carbonyl (C=O) groups is 1. The first-order valence-corrected chi connectivity index (χ1v) is 13.0. The maximum absolute atomic E-state index is 15.8. The van der Waals surface area contributed by atoms with Gasteiger partial charge < -0.3 is 29.7 Å². The highest BCUT2D eigenvalue weighted by molar-refractivity contribution is 6.32. The molecule has 0 spiro atoms. The summed E-state index contributed by atoms with van der Waals surface area (Å²) in [7, 11) is 3.52. The molecule has 1 fully saturated rings. The third kappa shape index (κ3) is 6.33. The maximum Gasteiger partial charge on any atom is 0.293 e. The fourth-order valence-electron chi connectivity index (χ4n) is 4.01. The summed E-state index contributed by atoms with van der Waals surface area (Å²) in [4.78, 5) is 37.8. The fourth-order valence-corrected chi connectivity index (χ4v) is 4.15. The normalized spacial score (nSPS) is 13.8. The topological polar surface area (TPSA) is 105 Å². The monoisotopic (exact) mass is 547 g/mol. The number of halogens is 2.